The summed E-state index contributed by atoms with van der Waals surface area (Å²) in [4.78, 5) is 31.6. The van der Waals surface area contributed by atoms with Crippen molar-refractivity contribution in [1.29, 1.82) is 0 Å². The number of para-hydroxylation sites is 1. The maximum atomic E-state index is 13.5. The number of amides is 1. The lowest BCUT2D eigenvalue weighted by Gasteiger charge is -2.25. The Bertz CT molecular complexity index is 1580. The summed E-state index contributed by atoms with van der Waals surface area (Å²) >= 11 is 0. The first-order chi connectivity index (χ1) is 18.8. The Morgan fingerprint density at radius 3 is 2.59 bits per heavy atom. The van der Waals surface area contributed by atoms with Crippen LogP contribution in [0.1, 0.15) is 55.0 Å². The van der Waals surface area contributed by atoms with Crippen molar-refractivity contribution in [1.82, 2.24) is 9.88 Å². The molecule has 0 radical (unpaired) electrons. The van der Waals surface area contributed by atoms with Crippen LogP contribution in [0.5, 0.6) is 11.5 Å². The summed E-state index contributed by atoms with van der Waals surface area (Å²) in [6.07, 6.45) is 2.42. The number of aromatic nitrogens is 1. The predicted octanol–water partition coefficient (Wildman–Crippen LogP) is 6.06. The van der Waals surface area contributed by atoms with Gasteiger partial charge in [0.2, 0.25) is 0 Å². The Morgan fingerprint density at radius 2 is 1.85 bits per heavy atom. The van der Waals surface area contributed by atoms with Gasteiger partial charge in [0.15, 0.2) is 0 Å². The van der Waals surface area contributed by atoms with Gasteiger partial charge in [-0.15, -0.1) is 0 Å². The van der Waals surface area contributed by atoms with Crippen LogP contribution in [0.25, 0.3) is 16.7 Å². The molecule has 1 aliphatic heterocycles. The molecule has 1 amide bonds. The molecule has 3 N–H and O–H groups in total. The molecule has 4 aromatic rings. The maximum Gasteiger partial charge on any atom is 0.295 e. The second-order valence-corrected chi connectivity index (χ2v) is 10.0. The number of benzene rings is 3. The molecule has 1 unspecified atom stereocenters. The van der Waals surface area contributed by atoms with E-state index in [4.69, 9.17) is 4.74 Å². The Balaban J connectivity index is 1.58. The molecule has 1 fully saturated rings. The Hall–Kier alpha value is -4.52. The molecule has 1 aliphatic rings. The zero-order chi connectivity index (χ0) is 27.7. The number of ether oxygens (including phenoxy) is 1. The van der Waals surface area contributed by atoms with Gasteiger partial charge < -0.3 is 24.8 Å². The fraction of sp³-hybridized carbons (Fsp3) is 0.250. The minimum Gasteiger partial charge on any atom is -0.508 e. The number of nitrogens with one attached hydrogen (secondary N) is 1. The summed E-state index contributed by atoms with van der Waals surface area (Å²) in [6, 6.07) is 18.8. The number of aliphatic hydroxyl groups is 1. The summed E-state index contributed by atoms with van der Waals surface area (Å²) in [5, 5.41) is 22.8. The number of H-pyrrole nitrogens is 1. The molecule has 1 aromatic heterocycles. The fourth-order valence-electron chi connectivity index (χ4n) is 5.32. The molecule has 0 spiro atoms. The molecule has 0 bridgehead atoms. The van der Waals surface area contributed by atoms with Crippen LogP contribution in [-0.2, 0) is 16.0 Å². The Labute approximate surface area is 227 Å². The van der Waals surface area contributed by atoms with Crippen LogP contribution in [0.3, 0.4) is 0 Å². The number of hydrogen-bond acceptors (Lipinski definition) is 5. The third-order valence-electron chi connectivity index (χ3n) is 7.23. The van der Waals surface area contributed by atoms with Gasteiger partial charge in [0.05, 0.1) is 18.2 Å². The van der Waals surface area contributed by atoms with Gasteiger partial charge in [-0.05, 0) is 72.4 Å². The number of carbonyl (C=O) groups is 2. The first-order valence-corrected chi connectivity index (χ1v) is 13.2. The van der Waals surface area contributed by atoms with Crippen LogP contribution in [0, 0.1) is 0 Å². The third kappa shape index (κ3) is 4.88. The van der Waals surface area contributed by atoms with Gasteiger partial charge in [0.1, 0.15) is 17.3 Å². The molecule has 1 atom stereocenters. The molecule has 2 heterocycles. The zero-order valence-electron chi connectivity index (χ0n) is 22.3. The fourth-order valence-corrected chi connectivity index (χ4v) is 5.32. The van der Waals surface area contributed by atoms with E-state index in [0.29, 0.717) is 29.9 Å². The van der Waals surface area contributed by atoms with E-state index in [9.17, 15) is 19.8 Å². The molecule has 7 heteroatoms. The standard InChI is InChI=1S/C32H32N2O5/c1-4-39-27-13-12-21(17-25(27)19(2)3)30(36)28-29(20-8-7-9-23(35)16-20)34(32(38)31(28)37)15-14-22-18-33-26-11-6-5-10-24(22)26/h5-13,16-19,29,33,35-36H,4,14-15H2,1-3H3/b30-28+. The van der Waals surface area contributed by atoms with Crippen LogP contribution < -0.4 is 4.74 Å². The number of fused-ring (bicyclic) bond motifs is 1. The van der Waals surface area contributed by atoms with Gasteiger partial charge in [0.25, 0.3) is 11.7 Å². The summed E-state index contributed by atoms with van der Waals surface area (Å²) in [5.41, 5.74) is 3.89. The first kappa shape index (κ1) is 26.1. The van der Waals surface area contributed by atoms with Crippen molar-refractivity contribution >= 4 is 28.4 Å². The van der Waals surface area contributed by atoms with Crippen LogP contribution >= 0.6 is 0 Å². The topological polar surface area (TPSA) is 103 Å². The monoisotopic (exact) mass is 524 g/mol. The Kier molecular flexibility index (Phi) is 7.15. The second-order valence-electron chi connectivity index (χ2n) is 10.0. The lowest BCUT2D eigenvalue weighted by molar-refractivity contribution is -0.139. The Morgan fingerprint density at radius 1 is 1.05 bits per heavy atom. The van der Waals surface area contributed by atoms with Crippen LogP contribution in [-0.4, -0.2) is 44.9 Å². The van der Waals surface area contributed by atoms with Crippen molar-refractivity contribution in [3.8, 4) is 11.5 Å². The lowest BCUT2D eigenvalue weighted by Crippen LogP contribution is -2.31. The summed E-state index contributed by atoms with van der Waals surface area (Å²) < 4.78 is 5.76. The second kappa shape index (κ2) is 10.7. The number of nitrogens with zero attached hydrogens (tertiary/aromatic N) is 1. The van der Waals surface area contributed by atoms with Gasteiger partial charge in [-0.25, -0.2) is 0 Å². The average molecular weight is 525 g/mol. The molecular weight excluding hydrogens is 492 g/mol. The molecule has 0 aliphatic carbocycles. The van der Waals surface area contributed by atoms with Crippen molar-refractivity contribution in [2.24, 2.45) is 0 Å². The highest BCUT2D eigenvalue weighted by Crippen LogP contribution is 2.41. The van der Waals surface area contributed by atoms with Crippen molar-refractivity contribution in [3.05, 3.63) is 101 Å². The molecule has 3 aromatic carbocycles. The quantitative estimate of drug-likeness (QED) is 0.148. The largest absolute Gasteiger partial charge is 0.508 e. The highest BCUT2D eigenvalue weighted by atomic mass is 16.5. The van der Waals surface area contributed by atoms with Gasteiger partial charge in [-0.1, -0.05) is 44.2 Å². The first-order valence-electron chi connectivity index (χ1n) is 13.2. The summed E-state index contributed by atoms with van der Waals surface area (Å²) in [5.74, 6) is -0.842. The van der Waals surface area contributed by atoms with E-state index in [1.165, 1.54) is 17.0 Å². The number of hydrogen-bond donors (Lipinski definition) is 3. The minimum absolute atomic E-state index is 0.00314. The van der Waals surface area contributed by atoms with Crippen LogP contribution in [0.15, 0.2) is 78.5 Å². The minimum atomic E-state index is -0.851. The van der Waals surface area contributed by atoms with Crippen LogP contribution in [0.2, 0.25) is 0 Å². The zero-order valence-corrected chi connectivity index (χ0v) is 22.3. The molecule has 0 saturated carbocycles. The van der Waals surface area contributed by atoms with Crippen molar-refractivity contribution in [2.75, 3.05) is 13.2 Å². The number of phenolic OH excluding ortho intramolecular Hbond substituents is 1. The van der Waals surface area contributed by atoms with Gasteiger partial charge in [-0.3, -0.25) is 9.59 Å². The van der Waals surface area contributed by atoms with E-state index in [1.54, 1.807) is 24.3 Å². The number of aromatic hydroxyl groups is 1. The predicted molar refractivity (Wildman–Crippen MR) is 151 cm³/mol. The lowest BCUT2D eigenvalue weighted by atomic mass is 9.93. The molecule has 200 valence electrons. The van der Waals surface area contributed by atoms with E-state index >= 15 is 0 Å². The van der Waals surface area contributed by atoms with Crippen LogP contribution in [0.4, 0.5) is 0 Å². The molecule has 1 saturated heterocycles. The SMILES string of the molecule is CCOc1ccc(/C(O)=C2\C(=O)C(=O)N(CCc3c[nH]c4ccccc34)C2c2cccc(O)c2)cc1C(C)C. The number of ketones is 1. The number of aromatic amines is 1. The summed E-state index contributed by atoms with van der Waals surface area (Å²) in [6.45, 7) is 6.72. The van der Waals surface area contributed by atoms with E-state index in [2.05, 4.69) is 4.98 Å². The molecule has 39 heavy (non-hydrogen) atoms. The third-order valence-corrected chi connectivity index (χ3v) is 7.23. The van der Waals surface area contributed by atoms with E-state index in [-0.39, 0.29) is 29.5 Å². The van der Waals surface area contributed by atoms with Gasteiger partial charge in [-0.2, -0.15) is 0 Å². The maximum absolute atomic E-state index is 13.5. The van der Waals surface area contributed by atoms with Crippen molar-refractivity contribution < 1.29 is 24.5 Å². The van der Waals surface area contributed by atoms with E-state index < -0.39 is 17.7 Å². The summed E-state index contributed by atoms with van der Waals surface area (Å²) in [7, 11) is 0. The smallest absolute Gasteiger partial charge is 0.295 e. The van der Waals surface area contributed by atoms with Crippen molar-refractivity contribution in [3.63, 3.8) is 0 Å². The molecular formula is C32H32N2O5. The normalized spacial score (nSPS) is 16.9. The number of rotatable bonds is 8. The average Bonchev–Trinajstić information content (AvgIpc) is 3.45. The van der Waals surface area contributed by atoms with E-state index in [0.717, 1.165) is 22.0 Å². The van der Waals surface area contributed by atoms with Gasteiger partial charge in [0, 0.05) is 29.2 Å². The number of carbonyl (C=O) groups excluding carboxylic acids is 2. The van der Waals surface area contributed by atoms with E-state index in [1.807, 2.05) is 57.3 Å². The molecule has 7 nitrogen and oxygen atoms in total. The number of aliphatic hydroxyl groups excluding tert-OH is 1. The number of Topliss-reactive ketones (excluding diaryl/α,β-unsaturated/α-hetero) is 1. The van der Waals surface area contributed by atoms with Crippen molar-refractivity contribution in [2.45, 2.75) is 39.2 Å². The molecule has 5 rings (SSSR count). The number of phenols is 1. The van der Waals surface area contributed by atoms with Gasteiger partial charge >= 0.3 is 0 Å². The highest BCUT2D eigenvalue weighted by molar-refractivity contribution is 6.46. The number of likely N-dealkylation sites (tertiary alicyclic amines) is 1. The highest BCUT2D eigenvalue weighted by Gasteiger charge is 2.46.